The first-order chi connectivity index (χ1) is 11.0. The number of fused-ring (bicyclic) bond motifs is 1. The third-order valence-corrected chi connectivity index (χ3v) is 5.28. The van der Waals surface area contributed by atoms with Crippen LogP contribution in [0.15, 0.2) is 18.2 Å². The molecule has 1 heterocycles. The predicted octanol–water partition coefficient (Wildman–Crippen LogP) is 2.03. The lowest BCUT2D eigenvalue weighted by Gasteiger charge is -2.30. The van der Waals surface area contributed by atoms with Gasteiger partial charge in [0.2, 0.25) is 5.91 Å². The fraction of sp³-hybridized carbons (Fsp3) is 0.562. The van der Waals surface area contributed by atoms with Gasteiger partial charge in [-0.25, -0.2) is 0 Å². The van der Waals surface area contributed by atoms with Crippen molar-refractivity contribution in [1.29, 1.82) is 0 Å². The topological polar surface area (TPSA) is 78.5 Å². The van der Waals surface area contributed by atoms with Crippen molar-refractivity contribution in [2.24, 2.45) is 5.92 Å². The fourth-order valence-corrected chi connectivity index (χ4v) is 3.83. The fourth-order valence-electron chi connectivity index (χ4n) is 2.85. The quantitative estimate of drug-likeness (QED) is 0.834. The number of carbonyl (C=O) groups is 1. The Labute approximate surface area is 137 Å². The smallest absolute Gasteiger partial charge is 0.299 e. The lowest BCUT2D eigenvalue weighted by Crippen LogP contribution is -2.36. The van der Waals surface area contributed by atoms with Crippen molar-refractivity contribution < 1.29 is 13.2 Å². The molecule has 2 N–H and O–H groups in total. The summed E-state index contributed by atoms with van der Waals surface area (Å²) >= 11 is 0. The minimum absolute atomic E-state index is 0.160. The minimum Gasteiger partial charge on any atom is -0.312 e. The lowest BCUT2D eigenvalue weighted by atomic mass is 10.0. The number of nitrogens with one attached hydrogen (secondary N) is 2. The van der Waals surface area contributed by atoms with E-state index in [4.69, 9.17) is 0 Å². The molecule has 6 nitrogen and oxygen atoms in total. The maximum atomic E-state index is 12.4. The summed E-state index contributed by atoms with van der Waals surface area (Å²) in [5.74, 6) is 0.336. The Morgan fingerprint density at radius 2 is 2.13 bits per heavy atom. The second-order valence-corrected chi connectivity index (χ2v) is 7.71. The van der Waals surface area contributed by atoms with Crippen LogP contribution in [0, 0.1) is 5.92 Å². The van der Waals surface area contributed by atoms with E-state index in [-0.39, 0.29) is 11.8 Å². The Morgan fingerprint density at radius 3 is 2.83 bits per heavy atom. The molecule has 126 valence electrons. The van der Waals surface area contributed by atoms with E-state index in [1.165, 1.54) is 0 Å². The first-order valence-corrected chi connectivity index (χ1v) is 9.70. The van der Waals surface area contributed by atoms with Crippen molar-refractivity contribution in [2.45, 2.75) is 39.0 Å². The second kappa shape index (κ2) is 6.49. The van der Waals surface area contributed by atoms with Crippen LogP contribution in [0.25, 0.3) is 0 Å². The molecular formula is C16H23N3O3S. The minimum atomic E-state index is -3.57. The maximum absolute atomic E-state index is 12.4. The summed E-state index contributed by atoms with van der Waals surface area (Å²) in [6, 6.07) is 5.45. The average molecular weight is 337 g/mol. The highest BCUT2D eigenvalue weighted by Gasteiger charge is 2.35. The molecule has 1 aromatic rings. The number of aryl methyl sites for hydroxylation is 1. The van der Waals surface area contributed by atoms with Gasteiger partial charge in [0.1, 0.15) is 0 Å². The zero-order valence-corrected chi connectivity index (χ0v) is 14.2. The van der Waals surface area contributed by atoms with Crippen LogP contribution < -0.4 is 14.3 Å². The zero-order chi connectivity index (χ0) is 16.4. The summed E-state index contributed by atoms with van der Waals surface area (Å²) in [5, 5.41) is 0. The largest absolute Gasteiger partial charge is 0.312 e. The zero-order valence-electron chi connectivity index (χ0n) is 13.3. The van der Waals surface area contributed by atoms with E-state index in [0.717, 1.165) is 43.4 Å². The standard InChI is InChI=1S/C16H23N3O3S/c1-2-9-17-23(21,22)18-14-8-7-12-4-3-10-19(15(12)11-14)16(20)13-5-6-13/h7-8,11,13,17-18H,2-6,9-10H2,1H3. The van der Waals surface area contributed by atoms with Crippen LogP contribution in [0.1, 0.15) is 38.2 Å². The summed E-state index contributed by atoms with van der Waals surface area (Å²) in [5.41, 5.74) is 2.45. The predicted molar refractivity (Wildman–Crippen MR) is 90.7 cm³/mol. The number of anilines is 2. The van der Waals surface area contributed by atoms with Gasteiger partial charge in [0, 0.05) is 24.7 Å². The molecule has 0 spiro atoms. The van der Waals surface area contributed by atoms with Gasteiger partial charge in [-0.05, 0) is 49.8 Å². The Morgan fingerprint density at radius 1 is 1.35 bits per heavy atom. The Hall–Kier alpha value is -1.60. The van der Waals surface area contributed by atoms with Crippen molar-refractivity contribution in [2.75, 3.05) is 22.7 Å². The third kappa shape index (κ3) is 3.84. The molecule has 1 fully saturated rings. The number of nitrogens with zero attached hydrogens (tertiary/aromatic N) is 1. The Kier molecular flexibility index (Phi) is 4.59. The summed E-state index contributed by atoms with van der Waals surface area (Å²) in [6.07, 6.45) is 4.55. The van der Waals surface area contributed by atoms with E-state index in [1.54, 1.807) is 12.1 Å². The first-order valence-electron chi connectivity index (χ1n) is 8.22. The summed E-state index contributed by atoms with van der Waals surface area (Å²) in [7, 11) is -3.57. The summed E-state index contributed by atoms with van der Waals surface area (Å²) in [6.45, 7) is 3.02. The van der Waals surface area contributed by atoms with E-state index >= 15 is 0 Å². The number of rotatable bonds is 6. The van der Waals surface area contributed by atoms with Crippen molar-refractivity contribution in [1.82, 2.24) is 4.72 Å². The van der Waals surface area contributed by atoms with Crippen LogP contribution in [0.2, 0.25) is 0 Å². The van der Waals surface area contributed by atoms with Crippen molar-refractivity contribution >= 4 is 27.5 Å². The molecule has 0 atom stereocenters. The molecule has 2 aliphatic rings. The van der Waals surface area contributed by atoms with E-state index in [9.17, 15) is 13.2 Å². The molecule has 23 heavy (non-hydrogen) atoms. The normalized spacial score (nSPS) is 17.7. The Balaban J connectivity index is 1.82. The summed E-state index contributed by atoms with van der Waals surface area (Å²) in [4.78, 5) is 14.3. The first kappa shape index (κ1) is 16.3. The average Bonchev–Trinajstić information content (AvgIpc) is 3.36. The number of benzene rings is 1. The van der Waals surface area contributed by atoms with Gasteiger partial charge in [-0.15, -0.1) is 0 Å². The number of amides is 1. The Bertz CT molecular complexity index is 699. The number of hydrogen-bond acceptors (Lipinski definition) is 3. The highest BCUT2D eigenvalue weighted by atomic mass is 32.2. The second-order valence-electron chi connectivity index (χ2n) is 6.21. The summed E-state index contributed by atoms with van der Waals surface area (Å²) < 4.78 is 28.9. The molecule has 1 amide bonds. The molecule has 1 saturated carbocycles. The lowest BCUT2D eigenvalue weighted by molar-refractivity contribution is -0.119. The van der Waals surface area contributed by atoms with Gasteiger partial charge >= 0.3 is 0 Å². The van der Waals surface area contributed by atoms with Gasteiger partial charge < -0.3 is 4.90 Å². The molecule has 0 saturated heterocycles. The van der Waals surface area contributed by atoms with E-state index in [1.807, 2.05) is 17.9 Å². The van der Waals surface area contributed by atoms with Gasteiger partial charge in [0.25, 0.3) is 10.2 Å². The number of carbonyl (C=O) groups excluding carboxylic acids is 1. The molecule has 0 aromatic heterocycles. The maximum Gasteiger partial charge on any atom is 0.299 e. The van der Waals surface area contributed by atoms with Gasteiger partial charge in [0.15, 0.2) is 0 Å². The third-order valence-electron chi connectivity index (χ3n) is 4.19. The van der Waals surface area contributed by atoms with E-state index in [0.29, 0.717) is 18.8 Å². The highest BCUT2D eigenvalue weighted by Crippen LogP contribution is 2.36. The molecule has 1 aliphatic heterocycles. The van der Waals surface area contributed by atoms with Crippen LogP contribution in [0.4, 0.5) is 11.4 Å². The molecule has 1 aromatic carbocycles. The van der Waals surface area contributed by atoms with Crippen molar-refractivity contribution in [3.05, 3.63) is 23.8 Å². The van der Waals surface area contributed by atoms with Crippen LogP contribution >= 0.6 is 0 Å². The van der Waals surface area contributed by atoms with Crippen LogP contribution in [0.3, 0.4) is 0 Å². The van der Waals surface area contributed by atoms with Crippen molar-refractivity contribution in [3.63, 3.8) is 0 Å². The molecule has 1 aliphatic carbocycles. The van der Waals surface area contributed by atoms with Crippen molar-refractivity contribution in [3.8, 4) is 0 Å². The van der Waals surface area contributed by atoms with Gasteiger partial charge in [-0.3, -0.25) is 9.52 Å². The molecule has 0 bridgehead atoms. The van der Waals surface area contributed by atoms with E-state index < -0.39 is 10.2 Å². The van der Waals surface area contributed by atoms with Crippen LogP contribution in [0.5, 0.6) is 0 Å². The van der Waals surface area contributed by atoms with Crippen LogP contribution in [-0.4, -0.2) is 27.4 Å². The molecular weight excluding hydrogens is 314 g/mol. The van der Waals surface area contributed by atoms with Gasteiger partial charge in [0.05, 0.1) is 5.69 Å². The molecule has 0 unspecified atom stereocenters. The van der Waals surface area contributed by atoms with Crippen LogP contribution in [-0.2, 0) is 21.4 Å². The molecule has 3 rings (SSSR count). The highest BCUT2D eigenvalue weighted by molar-refractivity contribution is 7.90. The molecule has 7 heteroatoms. The van der Waals surface area contributed by atoms with Gasteiger partial charge in [-0.1, -0.05) is 13.0 Å². The van der Waals surface area contributed by atoms with Gasteiger partial charge in [-0.2, -0.15) is 13.1 Å². The number of hydrogen-bond donors (Lipinski definition) is 2. The monoisotopic (exact) mass is 337 g/mol. The van der Waals surface area contributed by atoms with E-state index in [2.05, 4.69) is 9.44 Å². The molecule has 0 radical (unpaired) electrons. The SMILES string of the molecule is CCCNS(=O)(=O)Nc1ccc2c(c1)N(C(=O)C1CC1)CCC2.